The Labute approximate surface area is 334 Å². The second-order valence-electron chi connectivity index (χ2n) is 16.2. The van der Waals surface area contributed by atoms with Crippen molar-refractivity contribution < 1.29 is 23.9 Å². The molecule has 0 aromatic carbocycles. The molecule has 0 saturated heterocycles. The molecule has 0 spiro atoms. The number of carbonyl (C=O) groups is 3. The van der Waals surface area contributed by atoms with Crippen LogP contribution in [0.5, 0.6) is 0 Å². The summed E-state index contributed by atoms with van der Waals surface area (Å²) in [5.41, 5.74) is 0. The van der Waals surface area contributed by atoms with Gasteiger partial charge in [0.05, 0.1) is 12.5 Å². The summed E-state index contributed by atoms with van der Waals surface area (Å²) in [7, 11) is 0. The summed E-state index contributed by atoms with van der Waals surface area (Å²) in [5.74, 6) is -0.0297. The first-order valence-electron chi connectivity index (χ1n) is 23.3. The Morgan fingerprint density at radius 2 is 1.17 bits per heavy atom. The normalized spacial score (nSPS) is 17.3. The summed E-state index contributed by atoms with van der Waals surface area (Å²) in [6.07, 6.45) is 46.1. The van der Waals surface area contributed by atoms with Crippen LogP contribution in [0, 0.1) is 17.8 Å². The number of Topliss-reactive ketones (excluding diaryl/α,β-unsaturated/α-hetero) is 1. The van der Waals surface area contributed by atoms with E-state index in [1.54, 1.807) is 0 Å². The molecule has 4 atom stereocenters. The summed E-state index contributed by atoms with van der Waals surface area (Å²) in [5, 5.41) is 0. The molecule has 0 aromatic rings. The van der Waals surface area contributed by atoms with Gasteiger partial charge in [-0.1, -0.05) is 167 Å². The number of esters is 2. The molecule has 1 rings (SSSR count). The monoisotopic (exact) mass is 755 g/mol. The van der Waals surface area contributed by atoms with Gasteiger partial charge in [0.15, 0.2) is 0 Å². The lowest BCUT2D eigenvalue weighted by Crippen LogP contribution is -2.26. The average molecular weight is 755 g/mol. The lowest BCUT2D eigenvalue weighted by molar-refractivity contribution is -0.157. The lowest BCUT2D eigenvalue weighted by atomic mass is 9.89. The van der Waals surface area contributed by atoms with Crippen LogP contribution >= 0.6 is 0 Å². The van der Waals surface area contributed by atoms with Crippen molar-refractivity contribution in [3.63, 3.8) is 0 Å². The minimum Gasteiger partial charge on any atom is -0.466 e. The lowest BCUT2D eigenvalue weighted by Gasteiger charge is -2.23. The third kappa shape index (κ3) is 27.4. The Kier molecular flexibility index (Phi) is 33.7. The largest absolute Gasteiger partial charge is 0.466 e. The van der Waals surface area contributed by atoms with Gasteiger partial charge in [-0.2, -0.15) is 0 Å². The van der Waals surface area contributed by atoms with Crippen LogP contribution in [0.25, 0.3) is 0 Å². The molecule has 312 valence electrons. The Balaban J connectivity index is 2.62. The molecule has 1 saturated carbocycles. The highest BCUT2D eigenvalue weighted by atomic mass is 16.6. The van der Waals surface area contributed by atoms with Gasteiger partial charge in [0.2, 0.25) is 0 Å². The standard InChI is InChI=1S/C49H86O5/c1-5-9-13-16-18-19-20-21-22-23-24-25-26-27-29-33-36-45(40-41-53-48(51)42-44-38-39-47(50)46(44)37-30-12-8-4)54-49(52)43(34-31-15-11-7-3)35-32-28-17-14-10-6-2/h12,18-19,21-22,30,43-46H,5-11,13-17,20,23-29,31-42H2,1-4H3/b19-18-,22-21-,30-12-. The summed E-state index contributed by atoms with van der Waals surface area (Å²) >= 11 is 0. The molecule has 0 amide bonds. The molecule has 0 N–H and O–H groups in total. The molecule has 1 fully saturated rings. The number of unbranched alkanes of at least 4 members (excludes halogenated alkanes) is 17. The van der Waals surface area contributed by atoms with Crippen LogP contribution in [0.2, 0.25) is 0 Å². The topological polar surface area (TPSA) is 69.7 Å². The van der Waals surface area contributed by atoms with Crippen LogP contribution in [-0.4, -0.2) is 30.4 Å². The number of carbonyl (C=O) groups excluding carboxylic acids is 3. The first-order chi connectivity index (χ1) is 26.5. The Morgan fingerprint density at radius 3 is 1.80 bits per heavy atom. The van der Waals surface area contributed by atoms with Gasteiger partial charge in [-0.15, -0.1) is 0 Å². The summed E-state index contributed by atoms with van der Waals surface area (Å²) < 4.78 is 12.0. The molecule has 5 heteroatoms. The number of rotatable bonds is 37. The van der Waals surface area contributed by atoms with Crippen LogP contribution in [0.15, 0.2) is 36.5 Å². The predicted octanol–water partition coefficient (Wildman–Crippen LogP) is 14.7. The van der Waals surface area contributed by atoms with E-state index in [0.717, 1.165) is 77.0 Å². The summed E-state index contributed by atoms with van der Waals surface area (Å²) in [6.45, 7) is 9.08. The molecule has 0 aliphatic heterocycles. The zero-order chi connectivity index (χ0) is 39.3. The van der Waals surface area contributed by atoms with Gasteiger partial charge in [0.1, 0.15) is 11.9 Å². The minimum absolute atomic E-state index is 0.0347. The fourth-order valence-corrected chi connectivity index (χ4v) is 7.78. The molecule has 1 aliphatic rings. The first kappa shape index (κ1) is 49.8. The smallest absolute Gasteiger partial charge is 0.309 e. The first-order valence-corrected chi connectivity index (χ1v) is 23.3. The molecular formula is C49H86O5. The van der Waals surface area contributed by atoms with Crippen molar-refractivity contribution in [2.75, 3.05) is 6.61 Å². The van der Waals surface area contributed by atoms with E-state index in [1.165, 1.54) is 103 Å². The second-order valence-corrected chi connectivity index (χ2v) is 16.2. The second kappa shape index (κ2) is 36.5. The van der Waals surface area contributed by atoms with Crippen LogP contribution in [-0.2, 0) is 23.9 Å². The fraction of sp³-hybridized carbons (Fsp3) is 0.816. The highest BCUT2D eigenvalue weighted by Crippen LogP contribution is 2.34. The Morgan fingerprint density at radius 1 is 0.630 bits per heavy atom. The van der Waals surface area contributed by atoms with Gasteiger partial charge in [0, 0.05) is 25.2 Å². The van der Waals surface area contributed by atoms with Crippen molar-refractivity contribution >= 4 is 17.7 Å². The zero-order valence-electron chi connectivity index (χ0n) is 35.9. The number of hydrogen-bond donors (Lipinski definition) is 0. The van der Waals surface area contributed by atoms with E-state index in [1.807, 2.05) is 0 Å². The van der Waals surface area contributed by atoms with Crippen molar-refractivity contribution in [3.8, 4) is 0 Å². The van der Waals surface area contributed by atoms with Gasteiger partial charge in [-0.25, -0.2) is 0 Å². The van der Waals surface area contributed by atoms with Gasteiger partial charge in [-0.3, -0.25) is 14.4 Å². The van der Waals surface area contributed by atoms with Crippen molar-refractivity contribution in [1.29, 1.82) is 0 Å². The van der Waals surface area contributed by atoms with E-state index < -0.39 is 0 Å². The SMILES string of the molecule is CC/C=C\CC1C(=O)CCC1CC(=O)OCCC(CCCCCCCC/C=C\C/C=C\CCCCC)OC(=O)C(CCCCCC)CCCCCCCC. The van der Waals surface area contributed by atoms with E-state index in [9.17, 15) is 14.4 Å². The van der Waals surface area contributed by atoms with E-state index >= 15 is 0 Å². The van der Waals surface area contributed by atoms with E-state index in [-0.39, 0.29) is 48.2 Å². The molecule has 5 nitrogen and oxygen atoms in total. The Hall–Kier alpha value is -2.17. The number of ketones is 1. The van der Waals surface area contributed by atoms with Crippen molar-refractivity contribution in [2.45, 2.75) is 233 Å². The van der Waals surface area contributed by atoms with Crippen LogP contribution in [0.4, 0.5) is 0 Å². The third-order valence-electron chi connectivity index (χ3n) is 11.3. The maximum Gasteiger partial charge on any atom is 0.309 e. The molecule has 54 heavy (non-hydrogen) atoms. The van der Waals surface area contributed by atoms with Crippen molar-refractivity contribution in [1.82, 2.24) is 0 Å². The van der Waals surface area contributed by atoms with Crippen LogP contribution in [0.1, 0.15) is 227 Å². The number of ether oxygens (including phenoxy) is 2. The fourth-order valence-electron chi connectivity index (χ4n) is 7.78. The van der Waals surface area contributed by atoms with Crippen LogP contribution < -0.4 is 0 Å². The van der Waals surface area contributed by atoms with E-state index in [0.29, 0.717) is 19.3 Å². The van der Waals surface area contributed by atoms with Crippen molar-refractivity contribution in [3.05, 3.63) is 36.5 Å². The van der Waals surface area contributed by atoms with E-state index in [4.69, 9.17) is 9.47 Å². The molecule has 0 radical (unpaired) electrons. The van der Waals surface area contributed by atoms with Gasteiger partial charge >= 0.3 is 11.9 Å². The maximum absolute atomic E-state index is 13.7. The average Bonchev–Trinajstić information content (AvgIpc) is 3.51. The van der Waals surface area contributed by atoms with Gasteiger partial charge < -0.3 is 9.47 Å². The molecule has 0 aromatic heterocycles. The van der Waals surface area contributed by atoms with Crippen molar-refractivity contribution in [2.24, 2.45) is 17.8 Å². The highest BCUT2D eigenvalue weighted by molar-refractivity contribution is 5.84. The molecule has 0 heterocycles. The third-order valence-corrected chi connectivity index (χ3v) is 11.3. The summed E-state index contributed by atoms with van der Waals surface area (Å²) in [4.78, 5) is 39.1. The van der Waals surface area contributed by atoms with E-state index in [2.05, 4.69) is 64.2 Å². The predicted molar refractivity (Wildman–Crippen MR) is 230 cm³/mol. The molecule has 4 unspecified atom stereocenters. The summed E-state index contributed by atoms with van der Waals surface area (Å²) in [6, 6.07) is 0. The molecule has 0 bridgehead atoms. The Bertz CT molecular complexity index is 996. The number of allylic oxidation sites excluding steroid dienone is 6. The van der Waals surface area contributed by atoms with Crippen LogP contribution in [0.3, 0.4) is 0 Å². The van der Waals surface area contributed by atoms with Gasteiger partial charge in [0.25, 0.3) is 0 Å². The zero-order valence-corrected chi connectivity index (χ0v) is 35.9. The maximum atomic E-state index is 13.7. The minimum atomic E-state index is -0.227. The van der Waals surface area contributed by atoms with Gasteiger partial charge in [-0.05, 0) is 83.0 Å². The number of hydrogen-bond acceptors (Lipinski definition) is 5. The highest BCUT2D eigenvalue weighted by Gasteiger charge is 2.35. The quantitative estimate of drug-likeness (QED) is 0.0359. The molecule has 1 aliphatic carbocycles. The molecular weight excluding hydrogens is 669 g/mol.